The van der Waals surface area contributed by atoms with E-state index < -0.39 is 0 Å². The minimum Gasteiger partial charge on any atom is -0.424 e. The van der Waals surface area contributed by atoms with Crippen LogP contribution in [0.4, 0.5) is 5.95 Å². The van der Waals surface area contributed by atoms with Gasteiger partial charge in [0.25, 0.3) is 0 Å². The van der Waals surface area contributed by atoms with E-state index in [0.717, 1.165) is 5.16 Å². The smallest absolute Gasteiger partial charge is 0.226 e. The molecule has 0 amide bonds. The molecule has 7 nitrogen and oxygen atoms in total. The molecule has 0 spiro atoms. The van der Waals surface area contributed by atoms with Gasteiger partial charge in [-0.1, -0.05) is 32.5 Å². The molecule has 0 atom stereocenters. The lowest BCUT2D eigenvalue weighted by atomic mass is 9.97. The van der Waals surface area contributed by atoms with E-state index in [1.807, 2.05) is 39.2 Å². The van der Waals surface area contributed by atoms with Crippen LogP contribution < -0.4 is 5.73 Å². The summed E-state index contributed by atoms with van der Waals surface area (Å²) in [5, 5.41) is 16.8. The average Bonchev–Trinajstić information content (AvgIpc) is 2.91. The first-order valence-electron chi connectivity index (χ1n) is 6.45. The number of aromatic nitrogens is 5. The van der Waals surface area contributed by atoms with E-state index in [1.165, 1.54) is 11.8 Å². The quantitative estimate of drug-likeness (QED) is 0.865. The van der Waals surface area contributed by atoms with Gasteiger partial charge in [-0.3, -0.25) is 4.57 Å². The van der Waals surface area contributed by atoms with Crippen molar-refractivity contribution < 1.29 is 4.42 Å². The monoisotopic (exact) mass is 296 g/mol. The predicted molar refractivity (Wildman–Crippen MR) is 77.4 cm³/mol. The molecular formula is C12H20N6OS. The molecular weight excluding hydrogens is 276 g/mol. The second-order valence-corrected chi connectivity index (χ2v) is 6.79. The van der Waals surface area contributed by atoms with E-state index in [-0.39, 0.29) is 11.5 Å². The fourth-order valence-electron chi connectivity index (χ4n) is 1.61. The van der Waals surface area contributed by atoms with Crippen LogP contribution in [0.5, 0.6) is 0 Å². The summed E-state index contributed by atoms with van der Waals surface area (Å²) in [7, 11) is 0. The Morgan fingerprint density at radius 1 is 1.20 bits per heavy atom. The Hall–Kier alpha value is -1.57. The Balaban J connectivity index is 2.08. The van der Waals surface area contributed by atoms with Crippen molar-refractivity contribution >= 4 is 17.7 Å². The second kappa shape index (κ2) is 5.43. The molecule has 2 aromatic heterocycles. The molecule has 0 saturated heterocycles. The fraction of sp³-hybridized carbons (Fsp3) is 0.667. The van der Waals surface area contributed by atoms with Gasteiger partial charge >= 0.3 is 0 Å². The van der Waals surface area contributed by atoms with Crippen LogP contribution in [0.25, 0.3) is 0 Å². The molecule has 20 heavy (non-hydrogen) atoms. The van der Waals surface area contributed by atoms with Gasteiger partial charge in [-0.05, 0) is 13.8 Å². The van der Waals surface area contributed by atoms with Crippen LogP contribution in [-0.4, -0.2) is 25.0 Å². The molecule has 0 aliphatic rings. The molecule has 110 valence electrons. The van der Waals surface area contributed by atoms with Crippen molar-refractivity contribution in [2.75, 3.05) is 5.73 Å². The van der Waals surface area contributed by atoms with Gasteiger partial charge in [-0.15, -0.1) is 20.4 Å². The molecule has 0 aliphatic heterocycles. The zero-order chi connectivity index (χ0) is 14.9. The van der Waals surface area contributed by atoms with Gasteiger partial charge in [0.05, 0.1) is 5.75 Å². The third kappa shape index (κ3) is 3.12. The topological polar surface area (TPSA) is 95.7 Å². The number of hydrogen-bond acceptors (Lipinski definition) is 7. The molecule has 0 bridgehead atoms. The fourth-order valence-corrected chi connectivity index (χ4v) is 2.52. The number of anilines is 1. The summed E-state index contributed by atoms with van der Waals surface area (Å²) in [5.41, 5.74) is 5.66. The van der Waals surface area contributed by atoms with Crippen LogP contribution in [0, 0.1) is 0 Å². The maximum absolute atomic E-state index is 5.80. The summed E-state index contributed by atoms with van der Waals surface area (Å²) in [5.74, 6) is 2.19. The number of thioether (sulfide) groups is 1. The second-order valence-electron chi connectivity index (χ2n) is 5.84. The summed E-state index contributed by atoms with van der Waals surface area (Å²) < 4.78 is 7.53. The van der Waals surface area contributed by atoms with Crippen molar-refractivity contribution in [2.45, 2.75) is 57.0 Å². The SMILES string of the molecule is CC(C)n1c(N)nnc1SCc1nnc(C(C)(C)C)o1. The summed E-state index contributed by atoms with van der Waals surface area (Å²) in [4.78, 5) is 0. The molecule has 0 radical (unpaired) electrons. The molecule has 2 aromatic rings. The number of nitrogens with two attached hydrogens (primary N) is 1. The third-order valence-electron chi connectivity index (χ3n) is 2.64. The van der Waals surface area contributed by atoms with E-state index >= 15 is 0 Å². The van der Waals surface area contributed by atoms with Crippen molar-refractivity contribution in [3.05, 3.63) is 11.8 Å². The Morgan fingerprint density at radius 2 is 1.90 bits per heavy atom. The van der Waals surface area contributed by atoms with Gasteiger partial charge < -0.3 is 10.2 Å². The van der Waals surface area contributed by atoms with Crippen LogP contribution >= 0.6 is 11.8 Å². The van der Waals surface area contributed by atoms with Crippen molar-refractivity contribution in [3.63, 3.8) is 0 Å². The molecule has 0 aliphatic carbocycles. The van der Waals surface area contributed by atoms with Crippen molar-refractivity contribution in [1.29, 1.82) is 0 Å². The summed E-state index contributed by atoms with van der Waals surface area (Å²) in [6.45, 7) is 10.2. The van der Waals surface area contributed by atoms with Crippen molar-refractivity contribution in [2.24, 2.45) is 0 Å². The highest BCUT2D eigenvalue weighted by Crippen LogP contribution is 2.27. The summed E-state index contributed by atoms with van der Waals surface area (Å²) >= 11 is 1.49. The van der Waals surface area contributed by atoms with Gasteiger partial charge in [0.15, 0.2) is 5.16 Å². The first kappa shape index (κ1) is 14.8. The van der Waals surface area contributed by atoms with E-state index in [9.17, 15) is 0 Å². The lowest BCUT2D eigenvalue weighted by Crippen LogP contribution is -2.11. The molecule has 2 heterocycles. The Morgan fingerprint density at radius 3 is 2.45 bits per heavy atom. The predicted octanol–water partition coefficient (Wildman–Crippen LogP) is 2.41. The standard InChI is InChI=1S/C12H20N6OS/c1-7(2)18-10(13)16-17-11(18)20-6-8-14-15-9(19-8)12(3,4)5/h7H,6H2,1-5H3,(H2,13,16). The van der Waals surface area contributed by atoms with Crippen molar-refractivity contribution in [1.82, 2.24) is 25.0 Å². The van der Waals surface area contributed by atoms with Gasteiger partial charge in [-0.25, -0.2) is 0 Å². The summed E-state index contributed by atoms with van der Waals surface area (Å²) in [6.07, 6.45) is 0. The van der Waals surface area contributed by atoms with E-state index in [0.29, 0.717) is 23.5 Å². The Labute approximate surface area is 122 Å². The molecule has 0 aromatic carbocycles. The number of hydrogen-bond donors (Lipinski definition) is 1. The maximum atomic E-state index is 5.80. The molecule has 2 N–H and O–H groups in total. The van der Waals surface area contributed by atoms with Crippen molar-refractivity contribution in [3.8, 4) is 0 Å². The zero-order valence-corrected chi connectivity index (χ0v) is 13.2. The maximum Gasteiger partial charge on any atom is 0.226 e. The number of nitrogen functional groups attached to an aromatic ring is 1. The third-order valence-corrected chi connectivity index (χ3v) is 3.57. The minimum atomic E-state index is -0.141. The molecule has 0 saturated carbocycles. The van der Waals surface area contributed by atoms with Crippen LogP contribution in [-0.2, 0) is 11.2 Å². The van der Waals surface area contributed by atoms with Gasteiger partial charge in [0.2, 0.25) is 17.7 Å². The van der Waals surface area contributed by atoms with Gasteiger partial charge in [0.1, 0.15) is 0 Å². The summed E-state index contributed by atoms with van der Waals surface area (Å²) in [6, 6.07) is 0.209. The highest BCUT2D eigenvalue weighted by Gasteiger charge is 2.22. The van der Waals surface area contributed by atoms with E-state index in [1.54, 1.807) is 0 Å². The lowest BCUT2D eigenvalue weighted by Gasteiger charge is -2.11. The van der Waals surface area contributed by atoms with E-state index in [2.05, 4.69) is 20.4 Å². The van der Waals surface area contributed by atoms with Crippen LogP contribution in [0.15, 0.2) is 9.57 Å². The highest BCUT2D eigenvalue weighted by atomic mass is 32.2. The van der Waals surface area contributed by atoms with Gasteiger partial charge in [0, 0.05) is 11.5 Å². The molecule has 0 unspecified atom stereocenters. The Kier molecular flexibility index (Phi) is 4.03. The highest BCUT2D eigenvalue weighted by molar-refractivity contribution is 7.98. The first-order chi connectivity index (χ1) is 9.29. The Bertz CT molecular complexity index is 583. The normalized spacial score (nSPS) is 12.3. The first-order valence-corrected chi connectivity index (χ1v) is 7.43. The molecule has 8 heteroatoms. The van der Waals surface area contributed by atoms with E-state index in [4.69, 9.17) is 10.2 Å². The van der Waals surface area contributed by atoms with Crippen LogP contribution in [0.3, 0.4) is 0 Å². The van der Waals surface area contributed by atoms with Gasteiger partial charge in [-0.2, -0.15) is 0 Å². The minimum absolute atomic E-state index is 0.141. The average molecular weight is 296 g/mol. The van der Waals surface area contributed by atoms with Crippen LogP contribution in [0.2, 0.25) is 0 Å². The lowest BCUT2D eigenvalue weighted by molar-refractivity contribution is 0.378. The van der Waals surface area contributed by atoms with Crippen LogP contribution in [0.1, 0.15) is 52.4 Å². The largest absolute Gasteiger partial charge is 0.424 e. The molecule has 2 rings (SSSR count). The number of rotatable bonds is 4. The zero-order valence-electron chi connectivity index (χ0n) is 12.4. The molecule has 0 fully saturated rings. The number of nitrogens with zero attached hydrogens (tertiary/aromatic N) is 5.